The van der Waals surface area contributed by atoms with Gasteiger partial charge in [-0.2, -0.15) is 0 Å². The fourth-order valence-electron chi connectivity index (χ4n) is 4.00. The van der Waals surface area contributed by atoms with Crippen LogP contribution in [-0.4, -0.2) is 51.6 Å². The maximum atomic E-state index is 13.3. The minimum atomic E-state index is -0.675. The third-order valence-corrected chi connectivity index (χ3v) is 5.92. The zero-order valence-electron chi connectivity index (χ0n) is 20.6. The fraction of sp³-hybridized carbons (Fsp3) is 0.407. The molecule has 0 saturated carbocycles. The summed E-state index contributed by atoms with van der Waals surface area (Å²) in [6.07, 6.45) is 0.439. The van der Waals surface area contributed by atoms with Crippen molar-refractivity contribution in [3.8, 4) is 0 Å². The van der Waals surface area contributed by atoms with Crippen molar-refractivity contribution in [2.45, 2.75) is 65.6 Å². The predicted molar refractivity (Wildman–Crippen MR) is 130 cm³/mol. The summed E-state index contributed by atoms with van der Waals surface area (Å²) < 4.78 is 0. The van der Waals surface area contributed by atoms with Gasteiger partial charge < -0.3 is 10.2 Å². The molecule has 34 heavy (non-hydrogen) atoms. The fourth-order valence-corrected chi connectivity index (χ4v) is 4.00. The van der Waals surface area contributed by atoms with Gasteiger partial charge in [0.15, 0.2) is 0 Å². The summed E-state index contributed by atoms with van der Waals surface area (Å²) in [6.45, 7) is 9.84. The van der Waals surface area contributed by atoms with Gasteiger partial charge in [0.2, 0.25) is 11.8 Å². The van der Waals surface area contributed by atoms with Crippen molar-refractivity contribution in [1.82, 2.24) is 15.1 Å². The van der Waals surface area contributed by atoms with E-state index < -0.39 is 11.6 Å². The number of carbonyl (C=O) groups excluding carboxylic acids is 4. The molecule has 7 heteroatoms. The highest BCUT2D eigenvalue weighted by Crippen LogP contribution is 2.23. The van der Waals surface area contributed by atoms with E-state index >= 15 is 0 Å². The quantitative estimate of drug-likeness (QED) is 0.605. The van der Waals surface area contributed by atoms with Crippen LogP contribution in [-0.2, 0) is 16.1 Å². The molecule has 1 heterocycles. The van der Waals surface area contributed by atoms with E-state index in [2.05, 4.69) is 5.32 Å². The highest BCUT2D eigenvalue weighted by atomic mass is 16.2. The van der Waals surface area contributed by atoms with Crippen molar-refractivity contribution < 1.29 is 19.2 Å². The van der Waals surface area contributed by atoms with E-state index in [1.54, 1.807) is 36.1 Å². The van der Waals surface area contributed by atoms with Crippen LogP contribution in [0.25, 0.3) is 0 Å². The molecule has 3 rings (SSSR count). The van der Waals surface area contributed by atoms with Gasteiger partial charge in [0.25, 0.3) is 11.8 Å². The molecule has 0 aliphatic carbocycles. The summed E-state index contributed by atoms with van der Waals surface area (Å²) in [4.78, 5) is 54.1. The summed E-state index contributed by atoms with van der Waals surface area (Å²) in [5.41, 5.74) is 2.37. The number of carbonyl (C=O) groups is 4. The van der Waals surface area contributed by atoms with Crippen molar-refractivity contribution in [2.24, 2.45) is 0 Å². The number of rotatable bonds is 8. The van der Waals surface area contributed by atoms with Crippen LogP contribution in [0.15, 0.2) is 48.5 Å². The molecule has 1 aliphatic rings. The minimum absolute atomic E-state index is 0.117. The monoisotopic (exact) mass is 463 g/mol. The third kappa shape index (κ3) is 5.71. The molecule has 2 aromatic rings. The molecule has 0 aromatic heterocycles. The second-order valence-electron chi connectivity index (χ2n) is 9.77. The van der Waals surface area contributed by atoms with Crippen LogP contribution in [0.3, 0.4) is 0 Å². The van der Waals surface area contributed by atoms with E-state index in [1.165, 1.54) is 4.90 Å². The zero-order valence-corrected chi connectivity index (χ0v) is 20.6. The molecule has 180 valence electrons. The van der Waals surface area contributed by atoms with E-state index in [9.17, 15) is 19.2 Å². The van der Waals surface area contributed by atoms with Gasteiger partial charge in [0, 0.05) is 25.0 Å². The Morgan fingerprint density at radius 2 is 1.53 bits per heavy atom. The number of nitrogens with one attached hydrogen (secondary N) is 1. The average Bonchev–Trinajstić information content (AvgIpc) is 3.02. The molecule has 1 aliphatic heterocycles. The van der Waals surface area contributed by atoms with Crippen LogP contribution in [0.2, 0.25) is 0 Å². The van der Waals surface area contributed by atoms with E-state index in [1.807, 2.05) is 52.0 Å². The summed E-state index contributed by atoms with van der Waals surface area (Å²) in [6, 6.07) is 13.8. The van der Waals surface area contributed by atoms with Crippen LogP contribution in [0.4, 0.5) is 0 Å². The van der Waals surface area contributed by atoms with Gasteiger partial charge in [-0.1, -0.05) is 36.4 Å². The number of fused-ring (bicyclic) bond motifs is 1. The lowest BCUT2D eigenvalue weighted by Gasteiger charge is -2.32. The smallest absolute Gasteiger partial charge is 0.261 e. The van der Waals surface area contributed by atoms with E-state index in [0.29, 0.717) is 24.1 Å². The number of amides is 4. The van der Waals surface area contributed by atoms with Crippen LogP contribution in [0.1, 0.15) is 72.4 Å². The number of benzene rings is 2. The second kappa shape index (κ2) is 10.2. The van der Waals surface area contributed by atoms with Crippen molar-refractivity contribution in [3.05, 3.63) is 70.8 Å². The number of hydrogen-bond donors (Lipinski definition) is 1. The molecular weight excluding hydrogens is 430 g/mol. The Bertz CT molecular complexity index is 1070. The Morgan fingerprint density at radius 3 is 2.09 bits per heavy atom. The molecule has 4 amide bonds. The first kappa shape index (κ1) is 25.1. The molecule has 0 fully saturated rings. The average molecular weight is 464 g/mol. The van der Waals surface area contributed by atoms with E-state index in [-0.39, 0.29) is 36.6 Å². The van der Waals surface area contributed by atoms with E-state index in [4.69, 9.17) is 0 Å². The summed E-state index contributed by atoms with van der Waals surface area (Å²) in [5.74, 6) is -1.09. The number of hydrogen-bond acceptors (Lipinski definition) is 4. The maximum absolute atomic E-state index is 13.3. The van der Waals surface area contributed by atoms with Crippen LogP contribution >= 0.6 is 0 Å². The number of imide groups is 1. The lowest BCUT2D eigenvalue weighted by atomic mass is 10.1. The summed E-state index contributed by atoms with van der Waals surface area (Å²) in [7, 11) is 0. The first-order valence-corrected chi connectivity index (χ1v) is 11.6. The highest BCUT2D eigenvalue weighted by molar-refractivity contribution is 6.21. The maximum Gasteiger partial charge on any atom is 0.261 e. The molecule has 7 nitrogen and oxygen atoms in total. The number of nitrogens with zero attached hydrogens (tertiary/aromatic N) is 2. The van der Waals surface area contributed by atoms with Gasteiger partial charge in [-0.05, 0) is 64.3 Å². The van der Waals surface area contributed by atoms with Crippen molar-refractivity contribution in [2.75, 3.05) is 6.54 Å². The Balaban J connectivity index is 1.70. The molecule has 1 atom stereocenters. The second-order valence-corrected chi connectivity index (χ2v) is 9.77. The van der Waals surface area contributed by atoms with Crippen LogP contribution < -0.4 is 5.32 Å². The highest BCUT2D eigenvalue weighted by Gasteiger charge is 2.35. The molecule has 0 unspecified atom stereocenters. The van der Waals surface area contributed by atoms with Gasteiger partial charge in [0.1, 0.15) is 6.04 Å². The van der Waals surface area contributed by atoms with Gasteiger partial charge in [-0.15, -0.1) is 0 Å². The molecular formula is C27H33N3O4. The molecule has 0 spiro atoms. The minimum Gasteiger partial charge on any atom is -0.350 e. The van der Waals surface area contributed by atoms with Gasteiger partial charge in [-0.3, -0.25) is 24.1 Å². The molecule has 0 radical (unpaired) electrons. The largest absolute Gasteiger partial charge is 0.350 e. The predicted octanol–water partition coefficient (Wildman–Crippen LogP) is 3.70. The molecule has 1 N–H and O–H groups in total. The lowest BCUT2D eigenvalue weighted by Crippen LogP contribution is -2.52. The summed E-state index contributed by atoms with van der Waals surface area (Å²) >= 11 is 0. The Kier molecular flexibility index (Phi) is 7.54. The zero-order chi connectivity index (χ0) is 25.0. The first-order valence-electron chi connectivity index (χ1n) is 11.6. The molecule has 0 bridgehead atoms. The standard InChI is InChI=1S/C27H33N3O4/c1-18-11-6-7-12-20(18)17-30(19(2)24(32)28-27(3,4)5)23(31)15-10-16-29-25(33)21-13-8-9-14-22(21)26(29)34/h6-9,11-14,19H,10,15-17H2,1-5H3,(H,28,32)/t19-/m0/s1. The van der Waals surface area contributed by atoms with E-state index in [0.717, 1.165) is 11.1 Å². The lowest BCUT2D eigenvalue weighted by molar-refractivity contribution is -0.141. The SMILES string of the molecule is Cc1ccccc1CN(C(=O)CCCN1C(=O)c2ccccc2C1=O)[C@@H](C)C(=O)NC(C)(C)C. The van der Waals surface area contributed by atoms with Gasteiger partial charge in [-0.25, -0.2) is 0 Å². The van der Waals surface area contributed by atoms with Crippen molar-refractivity contribution >= 4 is 23.6 Å². The van der Waals surface area contributed by atoms with Crippen molar-refractivity contribution in [1.29, 1.82) is 0 Å². The molecule has 2 aromatic carbocycles. The number of aryl methyl sites for hydroxylation is 1. The normalized spacial score (nSPS) is 14.1. The first-order chi connectivity index (χ1) is 16.0. The molecule has 0 saturated heterocycles. The van der Waals surface area contributed by atoms with Crippen molar-refractivity contribution in [3.63, 3.8) is 0 Å². The van der Waals surface area contributed by atoms with Gasteiger partial charge in [0.05, 0.1) is 11.1 Å². The topological polar surface area (TPSA) is 86.8 Å². The van der Waals surface area contributed by atoms with Crippen LogP contribution in [0, 0.1) is 6.92 Å². The van der Waals surface area contributed by atoms with Crippen LogP contribution in [0.5, 0.6) is 0 Å². The Morgan fingerprint density at radius 1 is 0.971 bits per heavy atom. The summed E-state index contributed by atoms with van der Waals surface area (Å²) in [5, 5.41) is 2.95. The Hall–Kier alpha value is -3.48. The van der Waals surface area contributed by atoms with Gasteiger partial charge >= 0.3 is 0 Å². The third-order valence-electron chi connectivity index (χ3n) is 5.92. The Labute approximate surface area is 201 Å².